The third-order valence-electron chi connectivity index (χ3n) is 2.01. The van der Waals surface area contributed by atoms with Gasteiger partial charge in [-0.3, -0.25) is 0 Å². The van der Waals surface area contributed by atoms with Gasteiger partial charge in [0.05, 0.1) is 5.75 Å². The van der Waals surface area contributed by atoms with Crippen molar-refractivity contribution in [3.8, 4) is 0 Å². The van der Waals surface area contributed by atoms with Crippen molar-refractivity contribution in [2.24, 2.45) is 0 Å². The summed E-state index contributed by atoms with van der Waals surface area (Å²) in [6, 6.07) is 0. The number of sulfone groups is 1. The van der Waals surface area contributed by atoms with Gasteiger partial charge in [0.15, 0.2) is 0 Å². The first kappa shape index (κ1) is 14.4. The number of alkyl halides is 1. The van der Waals surface area contributed by atoms with E-state index >= 15 is 0 Å². The van der Waals surface area contributed by atoms with Crippen LogP contribution in [0.2, 0.25) is 0 Å². The summed E-state index contributed by atoms with van der Waals surface area (Å²) in [5, 5.41) is 4.30. The van der Waals surface area contributed by atoms with E-state index in [0.717, 1.165) is 18.3 Å². The highest BCUT2D eigenvalue weighted by Crippen LogP contribution is 2.09. The molecule has 0 aliphatic heterocycles. The molecule has 0 atom stereocenters. The molecule has 0 fully saturated rings. The van der Waals surface area contributed by atoms with Crippen LogP contribution < -0.4 is 5.32 Å². The fourth-order valence-corrected chi connectivity index (χ4v) is 2.75. The van der Waals surface area contributed by atoms with Crippen molar-refractivity contribution < 1.29 is 8.42 Å². The highest BCUT2D eigenvalue weighted by atomic mass is 79.9. The molecule has 0 aromatic heterocycles. The number of hydrogen-bond acceptors (Lipinski definition) is 3. The summed E-state index contributed by atoms with van der Waals surface area (Å²) in [5.41, 5.74) is 0.0843. The molecule has 86 valence electrons. The highest BCUT2D eigenvalue weighted by molar-refractivity contribution is 9.09. The van der Waals surface area contributed by atoms with Crippen LogP contribution in [0, 0.1) is 0 Å². The zero-order chi connectivity index (χ0) is 11.2. The largest absolute Gasteiger partial charge is 0.312 e. The van der Waals surface area contributed by atoms with Gasteiger partial charge in [0, 0.05) is 17.1 Å². The first-order chi connectivity index (χ1) is 6.27. The fraction of sp³-hybridized carbons (Fsp3) is 1.00. The second-order valence-electron chi connectivity index (χ2n) is 4.23. The molecule has 0 aromatic rings. The van der Waals surface area contributed by atoms with E-state index in [1.54, 1.807) is 0 Å². The van der Waals surface area contributed by atoms with Crippen molar-refractivity contribution >= 4 is 25.8 Å². The number of nitrogens with one attached hydrogen (secondary N) is 1. The van der Waals surface area contributed by atoms with Crippen molar-refractivity contribution in [2.75, 3.05) is 23.9 Å². The van der Waals surface area contributed by atoms with Crippen molar-refractivity contribution in [2.45, 2.75) is 32.2 Å². The van der Waals surface area contributed by atoms with Crippen molar-refractivity contribution in [1.29, 1.82) is 0 Å². The van der Waals surface area contributed by atoms with Crippen LogP contribution in [-0.4, -0.2) is 37.8 Å². The summed E-state index contributed by atoms with van der Waals surface area (Å²) in [5.74, 6) is 0.268. The van der Waals surface area contributed by atoms with Gasteiger partial charge in [-0.05, 0) is 33.2 Å². The molecule has 0 rings (SSSR count). The van der Waals surface area contributed by atoms with Crippen LogP contribution in [-0.2, 0) is 9.84 Å². The van der Waals surface area contributed by atoms with Crippen LogP contribution in [0.4, 0.5) is 0 Å². The minimum Gasteiger partial charge on any atom is -0.312 e. The molecule has 0 aromatic carbocycles. The summed E-state index contributed by atoms with van der Waals surface area (Å²) in [7, 11) is -2.80. The summed E-state index contributed by atoms with van der Waals surface area (Å²) in [4.78, 5) is 0. The summed E-state index contributed by atoms with van der Waals surface area (Å²) in [6.07, 6.45) is 2.99. The van der Waals surface area contributed by atoms with Gasteiger partial charge in [-0.15, -0.1) is 0 Å². The van der Waals surface area contributed by atoms with Crippen LogP contribution in [0.25, 0.3) is 0 Å². The predicted octanol–water partition coefficient (Wildman–Crippen LogP) is 1.57. The van der Waals surface area contributed by atoms with E-state index in [9.17, 15) is 8.42 Å². The van der Waals surface area contributed by atoms with Crippen molar-refractivity contribution in [3.63, 3.8) is 0 Å². The maximum absolute atomic E-state index is 10.8. The second kappa shape index (κ2) is 6.08. The number of rotatable bonds is 7. The number of hydrogen-bond donors (Lipinski definition) is 1. The monoisotopic (exact) mass is 285 g/mol. The minimum absolute atomic E-state index is 0.0843. The molecule has 0 amide bonds. The molecular formula is C9H20BrNO2S. The van der Waals surface area contributed by atoms with E-state index in [1.165, 1.54) is 6.26 Å². The average Bonchev–Trinajstić information content (AvgIpc) is 1.96. The molecule has 14 heavy (non-hydrogen) atoms. The van der Waals surface area contributed by atoms with Crippen LogP contribution in [0.1, 0.15) is 26.7 Å². The molecule has 0 aliphatic rings. The molecule has 0 saturated carbocycles. The van der Waals surface area contributed by atoms with Gasteiger partial charge in [-0.1, -0.05) is 15.9 Å². The molecule has 0 aliphatic carbocycles. The van der Waals surface area contributed by atoms with Crippen LogP contribution >= 0.6 is 15.9 Å². The standard InChI is InChI=1S/C9H20BrNO2S/c1-9(2,5-6-10)11-7-4-8-14(3,12)13/h11H,4-8H2,1-3H3. The van der Waals surface area contributed by atoms with E-state index < -0.39 is 9.84 Å². The van der Waals surface area contributed by atoms with E-state index in [2.05, 4.69) is 35.1 Å². The van der Waals surface area contributed by atoms with E-state index in [4.69, 9.17) is 0 Å². The highest BCUT2D eigenvalue weighted by Gasteiger charge is 2.15. The molecule has 5 heteroatoms. The summed E-state index contributed by atoms with van der Waals surface area (Å²) >= 11 is 3.39. The molecule has 1 N–H and O–H groups in total. The van der Waals surface area contributed by atoms with Crippen LogP contribution in [0.15, 0.2) is 0 Å². The van der Waals surface area contributed by atoms with Crippen LogP contribution in [0.5, 0.6) is 0 Å². The van der Waals surface area contributed by atoms with Gasteiger partial charge in [-0.25, -0.2) is 8.42 Å². The third kappa shape index (κ3) is 8.97. The summed E-state index contributed by atoms with van der Waals surface area (Å²) < 4.78 is 21.7. The van der Waals surface area contributed by atoms with Gasteiger partial charge >= 0.3 is 0 Å². The Hall–Kier alpha value is 0.390. The number of halogens is 1. The van der Waals surface area contributed by atoms with E-state index in [1.807, 2.05) is 0 Å². The lowest BCUT2D eigenvalue weighted by Gasteiger charge is -2.25. The van der Waals surface area contributed by atoms with Gasteiger partial charge in [0.25, 0.3) is 0 Å². The van der Waals surface area contributed by atoms with Gasteiger partial charge in [0.2, 0.25) is 0 Å². The topological polar surface area (TPSA) is 46.2 Å². The molecule has 0 radical (unpaired) electrons. The Bertz CT molecular complexity index is 250. The summed E-state index contributed by atoms with van der Waals surface area (Å²) in [6.45, 7) is 5.00. The maximum atomic E-state index is 10.8. The van der Waals surface area contributed by atoms with Gasteiger partial charge in [0.1, 0.15) is 9.84 Å². The van der Waals surface area contributed by atoms with Crippen molar-refractivity contribution in [1.82, 2.24) is 5.32 Å². The molecule has 0 unspecified atom stereocenters. The molecular weight excluding hydrogens is 266 g/mol. The third-order valence-corrected chi connectivity index (χ3v) is 3.44. The zero-order valence-electron chi connectivity index (χ0n) is 9.14. The molecule has 3 nitrogen and oxygen atoms in total. The normalized spacial score (nSPS) is 13.1. The van der Waals surface area contributed by atoms with E-state index in [0.29, 0.717) is 6.42 Å². The Labute approximate surface area is 95.7 Å². The minimum atomic E-state index is -2.80. The first-order valence-electron chi connectivity index (χ1n) is 4.75. The second-order valence-corrected chi connectivity index (χ2v) is 7.29. The Balaban J connectivity index is 3.64. The molecule has 0 saturated heterocycles. The lowest BCUT2D eigenvalue weighted by molar-refractivity contribution is 0.381. The van der Waals surface area contributed by atoms with E-state index in [-0.39, 0.29) is 11.3 Å². The molecule has 0 spiro atoms. The predicted molar refractivity (Wildman–Crippen MR) is 64.8 cm³/mol. The Morgan fingerprint density at radius 3 is 2.36 bits per heavy atom. The smallest absolute Gasteiger partial charge is 0.147 e. The molecule has 0 bridgehead atoms. The quantitative estimate of drug-likeness (QED) is 0.571. The fourth-order valence-electron chi connectivity index (χ4n) is 1.09. The SMILES string of the molecule is CC(C)(CCBr)NCCCS(C)(=O)=O. The Kier molecular flexibility index (Phi) is 6.25. The lowest BCUT2D eigenvalue weighted by Crippen LogP contribution is -2.40. The van der Waals surface area contributed by atoms with Crippen LogP contribution in [0.3, 0.4) is 0 Å². The Morgan fingerprint density at radius 2 is 1.93 bits per heavy atom. The average molecular weight is 286 g/mol. The van der Waals surface area contributed by atoms with Gasteiger partial charge < -0.3 is 5.32 Å². The van der Waals surface area contributed by atoms with Gasteiger partial charge in [-0.2, -0.15) is 0 Å². The van der Waals surface area contributed by atoms with Crippen molar-refractivity contribution in [3.05, 3.63) is 0 Å². The first-order valence-corrected chi connectivity index (χ1v) is 7.94. The molecule has 0 heterocycles. The maximum Gasteiger partial charge on any atom is 0.147 e. The lowest BCUT2D eigenvalue weighted by atomic mass is 10.0. The Morgan fingerprint density at radius 1 is 1.36 bits per heavy atom. The zero-order valence-corrected chi connectivity index (χ0v) is 11.5.